The van der Waals surface area contributed by atoms with Crippen molar-refractivity contribution in [2.75, 3.05) is 18.8 Å². The smallest absolute Gasteiger partial charge is 0.214 e. The molecule has 4 nitrogen and oxygen atoms in total. The van der Waals surface area contributed by atoms with Crippen LogP contribution < -0.4 is 0 Å². The van der Waals surface area contributed by atoms with Crippen LogP contribution in [0.5, 0.6) is 0 Å². The van der Waals surface area contributed by atoms with Crippen molar-refractivity contribution >= 4 is 15.8 Å². The zero-order valence-corrected chi connectivity index (χ0v) is 7.93. The quantitative estimate of drug-likeness (QED) is 0.631. The van der Waals surface area contributed by atoms with Gasteiger partial charge in [0, 0.05) is 19.5 Å². The van der Waals surface area contributed by atoms with E-state index in [1.54, 1.807) is 0 Å². The maximum atomic E-state index is 11.2. The van der Waals surface area contributed by atoms with E-state index in [2.05, 4.69) is 0 Å². The number of Topliss-reactive ketones (excluding diaryl/α,β-unsaturated/α-hetero) is 1. The molecule has 12 heavy (non-hydrogen) atoms. The number of ketones is 1. The van der Waals surface area contributed by atoms with E-state index in [-0.39, 0.29) is 11.5 Å². The number of rotatable bonds is 3. The third-order valence-corrected chi connectivity index (χ3v) is 3.87. The fraction of sp³-hybridized carbons (Fsp3) is 0.857. The summed E-state index contributed by atoms with van der Waals surface area (Å²) in [4.78, 5) is 10.6. The van der Waals surface area contributed by atoms with Gasteiger partial charge >= 0.3 is 0 Å². The van der Waals surface area contributed by atoms with Crippen molar-refractivity contribution in [1.29, 1.82) is 0 Å². The number of carbonyl (C=O) groups excluding carboxylic acids is 1. The number of carbonyl (C=O) groups is 1. The molecule has 1 saturated heterocycles. The zero-order chi connectivity index (χ0) is 9.19. The SMILES string of the molecule is CC(=O)CCN1CCCS1(=O)=O. The van der Waals surface area contributed by atoms with Crippen LogP contribution >= 0.6 is 0 Å². The Morgan fingerprint density at radius 3 is 2.58 bits per heavy atom. The third kappa shape index (κ3) is 2.28. The Kier molecular flexibility index (Phi) is 2.85. The van der Waals surface area contributed by atoms with Crippen molar-refractivity contribution in [3.63, 3.8) is 0 Å². The summed E-state index contributed by atoms with van der Waals surface area (Å²) in [5, 5.41) is 0. The van der Waals surface area contributed by atoms with Crippen LogP contribution in [0.1, 0.15) is 19.8 Å². The highest BCUT2D eigenvalue weighted by Gasteiger charge is 2.27. The summed E-state index contributed by atoms with van der Waals surface area (Å²) in [5.74, 6) is 0.280. The van der Waals surface area contributed by atoms with E-state index in [0.29, 0.717) is 25.9 Å². The predicted molar refractivity (Wildman–Crippen MR) is 45.3 cm³/mol. The summed E-state index contributed by atoms with van der Waals surface area (Å²) in [6, 6.07) is 0. The second-order valence-electron chi connectivity index (χ2n) is 3.02. The molecular formula is C7H13NO3S. The Bertz CT molecular complexity index is 270. The van der Waals surface area contributed by atoms with Gasteiger partial charge in [-0.2, -0.15) is 0 Å². The van der Waals surface area contributed by atoms with E-state index >= 15 is 0 Å². The molecule has 1 aliphatic rings. The Morgan fingerprint density at radius 2 is 2.17 bits per heavy atom. The molecule has 1 fully saturated rings. The van der Waals surface area contributed by atoms with Gasteiger partial charge in [-0.05, 0) is 13.3 Å². The highest BCUT2D eigenvalue weighted by atomic mass is 32.2. The molecule has 0 atom stereocenters. The van der Waals surface area contributed by atoms with Crippen molar-refractivity contribution in [2.45, 2.75) is 19.8 Å². The van der Waals surface area contributed by atoms with Crippen LogP contribution in [0.3, 0.4) is 0 Å². The molecule has 1 aliphatic heterocycles. The summed E-state index contributed by atoms with van der Waals surface area (Å²) < 4.78 is 23.8. The predicted octanol–water partition coefficient (Wildman–Crippen LogP) is 0.00100. The molecule has 0 unspecified atom stereocenters. The number of sulfonamides is 1. The van der Waals surface area contributed by atoms with Crippen LogP contribution in [-0.4, -0.2) is 37.3 Å². The molecule has 1 rings (SSSR count). The number of hydrogen-bond donors (Lipinski definition) is 0. The molecule has 1 heterocycles. The minimum absolute atomic E-state index is 0.0390. The maximum Gasteiger partial charge on any atom is 0.214 e. The van der Waals surface area contributed by atoms with Crippen LogP contribution in [0.15, 0.2) is 0 Å². The van der Waals surface area contributed by atoms with E-state index < -0.39 is 10.0 Å². The fourth-order valence-electron chi connectivity index (χ4n) is 1.22. The van der Waals surface area contributed by atoms with E-state index in [1.165, 1.54) is 11.2 Å². The van der Waals surface area contributed by atoms with Gasteiger partial charge in [-0.25, -0.2) is 12.7 Å². The summed E-state index contributed by atoms with van der Waals surface area (Å²) in [6.07, 6.45) is 1.03. The van der Waals surface area contributed by atoms with Crippen LogP contribution in [0.25, 0.3) is 0 Å². The van der Waals surface area contributed by atoms with Gasteiger partial charge in [0.1, 0.15) is 5.78 Å². The van der Waals surface area contributed by atoms with Crippen LogP contribution in [0.2, 0.25) is 0 Å². The lowest BCUT2D eigenvalue weighted by atomic mass is 10.3. The molecule has 0 spiro atoms. The summed E-state index contributed by atoms with van der Waals surface area (Å²) in [6.45, 7) is 2.41. The zero-order valence-electron chi connectivity index (χ0n) is 7.12. The van der Waals surface area contributed by atoms with Crippen molar-refractivity contribution in [2.24, 2.45) is 0 Å². The molecule has 70 valence electrons. The highest BCUT2D eigenvalue weighted by Crippen LogP contribution is 2.13. The monoisotopic (exact) mass is 191 g/mol. The molecule has 0 amide bonds. The first-order chi connectivity index (χ1) is 5.52. The number of nitrogens with zero attached hydrogens (tertiary/aromatic N) is 1. The molecule has 0 aromatic heterocycles. The molecule has 0 bridgehead atoms. The second-order valence-corrected chi connectivity index (χ2v) is 5.11. The van der Waals surface area contributed by atoms with Gasteiger partial charge in [-0.3, -0.25) is 4.79 Å². The summed E-state index contributed by atoms with van der Waals surface area (Å²) in [7, 11) is -3.00. The Hall–Kier alpha value is -0.420. The van der Waals surface area contributed by atoms with E-state index in [4.69, 9.17) is 0 Å². The summed E-state index contributed by atoms with van der Waals surface area (Å²) in [5.41, 5.74) is 0. The van der Waals surface area contributed by atoms with Crippen molar-refractivity contribution in [1.82, 2.24) is 4.31 Å². The Labute approximate surface area is 72.6 Å². The van der Waals surface area contributed by atoms with E-state index in [1.807, 2.05) is 0 Å². The minimum atomic E-state index is -3.00. The van der Waals surface area contributed by atoms with Crippen molar-refractivity contribution in [3.8, 4) is 0 Å². The average Bonchev–Trinajstić information content (AvgIpc) is 2.25. The maximum absolute atomic E-state index is 11.2. The van der Waals surface area contributed by atoms with Gasteiger partial charge in [-0.1, -0.05) is 0 Å². The van der Waals surface area contributed by atoms with Crippen LogP contribution in [-0.2, 0) is 14.8 Å². The lowest BCUT2D eigenvalue weighted by Crippen LogP contribution is -2.27. The van der Waals surface area contributed by atoms with Crippen molar-refractivity contribution in [3.05, 3.63) is 0 Å². The Balaban J connectivity index is 2.48. The molecule has 0 saturated carbocycles. The van der Waals surface area contributed by atoms with Gasteiger partial charge in [0.25, 0.3) is 0 Å². The first-order valence-electron chi connectivity index (χ1n) is 3.99. The molecule has 0 aromatic carbocycles. The summed E-state index contributed by atoms with van der Waals surface area (Å²) >= 11 is 0. The molecule has 0 radical (unpaired) electrons. The number of hydrogen-bond acceptors (Lipinski definition) is 3. The van der Waals surface area contributed by atoms with Gasteiger partial charge in [-0.15, -0.1) is 0 Å². The van der Waals surface area contributed by atoms with E-state index in [9.17, 15) is 13.2 Å². The van der Waals surface area contributed by atoms with Crippen LogP contribution in [0, 0.1) is 0 Å². The Morgan fingerprint density at radius 1 is 1.50 bits per heavy atom. The molecule has 0 aliphatic carbocycles. The lowest BCUT2D eigenvalue weighted by molar-refractivity contribution is -0.117. The second kappa shape index (κ2) is 3.53. The topological polar surface area (TPSA) is 54.5 Å². The van der Waals surface area contributed by atoms with Gasteiger partial charge < -0.3 is 0 Å². The third-order valence-electron chi connectivity index (χ3n) is 1.92. The lowest BCUT2D eigenvalue weighted by Gasteiger charge is -2.12. The fourth-order valence-corrected chi connectivity index (χ4v) is 2.75. The van der Waals surface area contributed by atoms with Crippen molar-refractivity contribution < 1.29 is 13.2 Å². The van der Waals surface area contributed by atoms with Gasteiger partial charge in [0.15, 0.2) is 0 Å². The molecule has 0 aromatic rings. The first kappa shape index (κ1) is 9.67. The normalized spacial score (nSPS) is 22.8. The highest BCUT2D eigenvalue weighted by molar-refractivity contribution is 7.89. The molecular weight excluding hydrogens is 178 g/mol. The van der Waals surface area contributed by atoms with Crippen LogP contribution in [0.4, 0.5) is 0 Å². The van der Waals surface area contributed by atoms with Gasteiger partial charge in [0.2, 0.25) is 10.0 Å². The molecule has 0 N–H and O–H groups in total. The molecule has 5 heteroatoms. The largest absolute Gasteiger partial charge is 0.300 e. The van der Waals surface area contributed by atoms with Gasteiger partial charge in [0.05, 0.1) is 5.75 Å². The average molecular weight is 191 g/mol. The first-order valence-corrected chi connectivity index (χ1v) is 5.60. The minimum Gasteiger partial charge on any atom is -0.300 e. The van der Waals surface area contributed by atoms with E-state index in [0.717, 1.165) is 0 Å². The standard InChI is InChI=1S/C7H13NO3S/c1-7(9)3-5-8-4-2-6-12(8,10)11/h2-6H2,1H3.